The van der Waals surface area contributed by atoms with Gasteiger partial charge in [-0.25, -0.2) is 14.9 Å². The van der Waals surface area contributed by atoms with Crippen LogP contribution >= 0.6 is 23.2 Å². The van der Waals surface area contributed by atoms with Crippen molar-refractivity contribution in [2.24, 2.45) is 10.7 Å². The summed E-state index contributed by atoms with van der Waals surface area (Å²) in [6.45, 7) is 1.77. The normalized spacial score (nSPS) is 24.2. The smallest absolute Gasteiger partial charge is 0.221 e. The highest BCUT2D eigenvalue weighted by atomic mass is 35.5. The summed E-state index contributed by atoms with van der Waals surface area (Å²) in [7, 11) is 1.73. The minimum atomic E-state index is -0.964. The second-order valence-corrected chi connectivity index (χ2v) is 8.46. The standard InChI is InChI=1S/C21H23Cl2N3O3/c1-12(27)3-5-17-11-21(25-20(24)26(2)29-21)18-9-13(4-6-19(18)28-17)14-7-15(22)10-16(23)8-14/h4,6-10,12,17,27H,3,5,11H2,1-2H3,(H2,24,25)/t12?,17?,21-/m1/s1. The Bertz CT molecular complexity index is 946. The summed E-state index contributed by atoms with van der Waals surface area (Å²) in [6, 6.07) is 11.3. The molecule has 0 radical (unpaired) electrons. The van der Waals surface area contributed by atoms with Gasteiger partial charge in [0.1, 0.15) is 11.9 Å². The van der Waals surface area contributed by atoms with Crippen LogP contribution in [0.1, 0.15) is 31.7 Å². The number of nitrogens with two attached hydrogens (primary N) is 1. The van der Waals surface area contributed by atoms with Crippen LogP contribution in [-0.4, -0.2) is 35.4 Å². The molecule has 2 aromatic carbocycles. The molecule has 3 N–H and O–H groups in total. The molecule has 1 spiro atoms. The van der Waals surface area contributed by atoms with Gasteiger partial charge in [-0.05, 0) is 61.2 Å². The Morgan fingerprint density at radius 2 is 1.97 bits per heavy atom. The summed E-state index contributed by atoms with van der Waals surface area (Å²) < 4.78 is 6.21. The van der Waals surface area contributed by atoms with Crippen LogP contribution in [0.4, 0.5) is 0 Å². The van der Waals surface area contributed by atoms with E-state index in [0.29, 0.717) is 41.0 Å². The van der Waals surface area contributed by atoms with Crippen LogP contribution in [0.3, 0.4) is 0 Å². The Hall–Kier alpha value is -1.99. The maximum Gasteiger partial charge on any atom is 0.221 e. The minimum absolute atomic E-state index is 0.147. The van der Waals surface area contributed by atoms with Crippen molar-refractivity contribution in [3.8, 4) is 16.9 Å². The molecular weight excluding hydrogens is 413 g/mol. The molecule has 0 amide bonds. The molecule has 29 heavy (non-hydrogen) atoms. The summed E-state index contributed by atoms with van der Waals surface area (Å²) in [6.07, 6.45) is 1.27. The molecule has 2 aromatic rings. The third kappa shape index (κ3) is 4.03. The second kappa shape index (κ2) is 7.69. The monoisotopic (exact) mass is 435 g/mol. The fraction of sp³-hybridized carbons (Fsp3) is 0.381. The zero-order chi connectivity index (χ0) is 20.8. The number of nitrogens with zero attached hydrogens (tertiary/aromatic N) is 2. The minimum Gasteiger partial charge on any atom is -0.490 e. The zero-order valence-electron chi connectivity index (χ0n) is 16.2. The molecule has 2 heterocycles. The van der Waals surface area contributed by atoms with Crippen molar-refractivity contribution < 1.29 is 14.7 Å². The number of aliphatic hydroxyl groups is 1. The largest absolute Gasteiger partial charge is 0.490 e. The average Bonchev–Trinajstić information content (AvgIpc) is 2.93. The van der Waals surface area contributed by atoms with Gasteiger partial charge in [0.15, 0.2) is 0 Å². The van der Waals surface area contributed by atoms with Gasteiger partial charge in [0, 0.05) is 23.5 Å². The summed E-state index contributed by atoms with van der Waals surface area (Å²) in [5.41, 5.74) is 7.68. The van der Waals surface area contributed by atoms with Crippen molar-refractivity contribution >= 4 is 29.2 Å². The molecule has 2 aliphatic rings. The Balaban J connectivity index is 1.76. The van der Waals surface area contributed by atoms with Crippen molar-refractivity contribution in [2.45, 2.75) is 44.1 Å². The van der Waals surface area contributed by atoms with E-state index in [-0.39, 0.29) is 6.10 Å². The lowest BCUT2D eigenvalue weighted by atomic mass is 9.88. The summed E-state index contributed by atoms with van der Waals surface area (Å²) in [5, 5.41) is 12.3. The number of ether oxygens (including phenoxy) is 1. The molecule has 3 atom stereocenters. The van der Waals surface area contributed by atoms with Gasteiger partial charge in [-0.15, -0.1) is 0 Å². The topological polar surface area (TPSA) is 80.3 Å². The van der Waals surface area contributed by atoms with Crippen molar-refractivity contribution in [1.29, 1.82) is 0 Å². The number of hydroxylamine groups is 2. The molecule has 8 heteroatoms. The Morgan fingerprint density at radius 1 is 1.24 bits per heavy atom. The van der Waals surface area contributed by atoms with Crippen LogP contribution in [0, 0.1) is 0 Å². The first-order valence-electron chi connectivity index (χ1n) is 9.50. The second-order valence-electron chi connectivity index (χ2n) is 7.58. The number of rotatable bonds is 4. The van der Waals surface area contributed by atoms with Crippen LogP contribution < -0.4 is 10.5 Å². The van der Waals surface area contributed by atoms with E-state index in [0.717, 1.165) is 16.7 Å². The van der Waals surface area contributed by atoms with Crippen LogP contribution in [0.2, 0.25) is 10.0 Å². The van der Waals surface area contributed by atoms with Gasteiger partial charge < -0.3 is 15.6 Å². The van der Waals surface area contributed by atoms with Crippen molar-refractivity contribution in [2.75, 3.05) is 7.05 Å². The maximum atomic E-state index is 9.66. The Kier molecular flexibility index (Phi) is 5.38. The lowest BCUT2D eigenvalue weighted by molar-refractivity contribution is -0.191. The first kappa shape index (κ1) is 20.3. The van der Waals surface area contributed by atoms with Gasteiger partial charge in [0.05, 0.1) is 11.7 Å². The number of halogens is 2. The van der Waals surface area contributed by atoms with E-state index < -0.39 is 11.8 Å². The van der Waals surface area contributed by atoms with Gasteiger partial charge in [-0.2, -0.15) is 0 Å². The molecule has 2 aliphatic heterocycles. The predicted octanol–water partition coefficient (Wildman–Crippen LogP) is 4.32. The van der Waals surface area contributed by atoms with Crippen molar-refractivity contribution in [3.05, 3.63) is 52.0 Å². The van der Waals surface area contributed by atoms with Gasteiger partial charge in [-0.3, -0.25) is 0 Å². The lowest BCUT2D eigenvalue weighted by Gasteiger charge is -2.37. The molecule has 154 valence electrons. The Labute approximate surface area is 179 Å². The third-order valence-corrected chi connectivity index (χ3v) is 5.64. The fourth-order valence-electron chi connectivity index (χ4n) is 3.81. The molecule has 2 unspecified atom stereocenters. The van der Waals surface area contributed by atoms with Gasteiger partial charge in [0.25, 0.3) is 0 Å². The Morgan fingerprint density at radius 3 is 2.59 bits per heavy atom. The molecule has 0 aromatic heterocycles. The highest BCUT2D eigenvalue weighted by Gasteiger charge is 2.48. The van der Waals surface area contributed by atoms with Crippen LogP contribution in [-0.2, 0) is 10.6 Å². The van der Waals surface area contributed by atoms with E-state index >= 15 is 0 Å². The van der Waals surface area contributed by atoms with E-state index in [4.69, 9.17) is 38.5 Å². The summed E-state index contributed by atoms with van der Waals surface area (Å²) >= 11 is 12.4. The van der Waals surface area contributed by atoms with Gasteiger partial charge >= 0.3 is 0 Å². The number of hydrogen-bond donors (Lipinski definition) is 2. The van der Waals surface area contributed by atoms with E-state index in [1.54, 1.807) is 20.0 Å². The summed E-state index contributed by atoms with van der Waals surface area (Å²) in [4.78, 5) is 10.8. The van der Waals surface area contributed by atoms with Crippen molar-refractivity contribution in [3.63, 3.8) is 0 Å². The average molecular weight is 436 g/mol. The van der Waals surface area contributed by atoms with Crippen molar-refractivity contribution in [1.82, 2.24) is 5.06 Å². The number of aliphatic hydroxyl groups excluding tert-OH is 1. The first-order chi connectivity index (χ1) is 13.8. The van der Waals surface area contributed by atoms with Crippen LogP contribution in [0.5, 0.6) is 5.75 Å². The zero-order valence-corrected chi connectivity index (χ0v) is 17.7. The van der Waals surface area contributed by atoms with Gasteiger partial charge in [-0.1, -0.05) is 29.3 Å². The van der Waals surface area contributed by atoms with E-state index in [2.05, 4.69) is 4.99 Å². The fourth-order valence-corrected chi connectivity index (χ4v) is 4.33. The molecule has 6 nitrogen and oxygen atoms in total. The quantitative estimate of drug-likeness (QED) is 0.747. The van der Waals surface area contributed by atoms with E-state index in [1.165, 1.54) is 5.06 Å². The number of aliphatic imine (C=N–C) groups is 1. The molecular formula is C21H23Cl2N3O3. The number of benzene rings is 2. The number of fused-ring (bicyclic) bond motifs is 2. The molecule has 4 rings (SSSR count). The highest BCUT2D eigenvalue weighted by Crippen LogP contribution is 2.48. The molecule has 0 saturated carbocycles. The number of guanidine groups is 1. The SMILES string of the molecule is CC(O)CCC1C[C@]2(N=C(N)N(C)O2)c2cc(-c3cc(Cl)cc(Cl)c3)ccc2O1. The predicted molar refractivity (Wildman–Crippen MR) is 114 cm³/mol. The van der Waals surface area contributed by atoms with E-state index in [9.17, 15) is 5.11 Å². The number of hydrogen-bond acceptors (Lipinski definition) is 6. The van der Waals surface area contributed by atoms with Crippen LogP contribution in [0.25, 0.3) is 11.1 Å². The molecule has 0 bridgehead atoms. The maximum absolute atomic E-state index is 9.66. The first-order valence-corrected chi connectivity index (χ1v) is 10.3. The summed E-state index contributed by atoms with van der Waals surface area (Å²) in [5.74, 6) is 0.999. The lowest BCUT2D eigenvalue weighted by Crippen LogP contribution is -2.39. The van der Waals surface area contributed by atoms with E-state index in [1.807, 2.05) is 30.3 Å². The molecule has 0 aliphatic carbocycles. The van der Waals surface area contributed by atoms with Crippen LogP contribution in [0.15, 0.2) is 41.4 Å². The molecule has 0 fully saturated rings. The van der Waals surface area contributed by atoms with Gasteiger partial charge in [0.2, 0.25) is 11.7 Å². The highest BCUT2D eigenvalue weighted by molar-refractivity contribution is 6.35. The third-order valence-electron chi connectivity index (χ3n) is 5.21. The molecule has 0 saturated heterocycles.